The molecular weight excluding hydrogens is 326 g/mol. The van der Waals surface area contributed by atoms with Crippen LogP contribution in [-0.2, 0) is 7.05 Å². The van der Waals surface area contributed by atoms with E-state index >= 15 is 0 Å². The maximum atomic E-state index is 4.85. The number of rotatable bonds is 3. The van der Waals surface area contributed by atoms with E-state index in [1.165, 1.54) is 11.1 Å². The van der Waals surface area contributed by atoms with E-state index in [4.69, 9.17) is 4.98 Å². The summed E-state index contributed by atoms with van der Waals surface area (Å²) in [6.07, 6.45) is 2.94. The Balaban J connectivity index is 1.48. The molecule has 1 saturated carbocycles. The molecule has 0 aliphatic heterocycles. The van der Waals surface area contributed by atoms with Crippen LogP contribution >= 0.6 is 0 Å². The average Bonchev–Trinajstić information content (AvgIpc) is 3.27. The van der Waals surface area contributed by atoms with Gasteiger partial charge in [-0.05, 0) is 49.9 Å². The minimum absolute atomic E-state index is 0.419. The van der Waals surface area contributed by atoms with Crippen molar-refractivity contribution in [2.75, 3.05) is 0 Å². The lowest BCUT2D eigenvalue weighted by atomic mass is 10.1. The Kier molecular flexibility index (Phi) is 3.19. The zero-order chi connectivity index (χ0) is 17.8. The molecule has 1 unspecified atom stereocenters. The molecule has 4 aromatic rings. The lowest BCUT2D eigenvalue weighted by molar-refractivity contribution is 0.767. The molecule has 0 radical (unpaired) electrons. The molecule has 0 N–H and O–H groups in total. The van der Waals surface area contributed by atoms with Crippen LogP contribution in [0.25, 0.3) is 16.9 Å². The van der Waals surface area contributed by atoms with Gasteiger partial charge in [-0.25, -0.2) is 9.97 Å². The molecule has 0 saturated heterocycles. The second-order valence-electron chi connectivity index (χ2n) is 6.93. The van der Waals surface area contributed by atoms with Gasteiger partial charge in [0, 0.05) is 13.0 Å². The summed E-state index contributed by atoms with van der Waals surface area (Å²) in [5, 5.41) is 12.8. The highest BCUT2D eigenvalue weighted by molar-refractivity contribution is 5.76. The van der Waals surface area contributed by atoms with E-state index in [1.807, 2.05) is 26.1 Å². The van der Waals surface area contributed by atoms with E-state index in [-0.39, 0.29) is 0 Å². The van der Waals surface area contributed by atoms with Gasteiger partial charge in [-0.1, -0.05) is 12.1 Å². The second-order valence-corrected chi connectivity index (χ2v) is 6.93. The predicted octanol–water partition coefficient (Wildman–Crippen LogP) is 2.83. The Hall–Kier alpha value is -3.09. The van der Waals surface area contributed by atoms with Crippen LogP contribution in [0.5, 0.6) is 0 Å². The first-order valence-corrected chi connectivity index (χ1v) is 8.76. The van der Waals surface area contributed by atoms with Crippen molar-refractivity contribution in [3.05, 3.63) is 59.6 Å². The quantitative estimate of drug-likeness (QED) is 0.571. The molecule has 5 rings (SSSR count). The molecule has 2 atom stereocenters. The summed E-state index contributed by atoms with van der Waals surface area (Å²) in [5.74, 6) is 4.25. The number of hydrogen-bond acceptors (Lipinski definition) is 5. The first-order chi connectivity index (χ1) is 12.6. The smallest absolute Gasteiger partial charge is 0.178 e. The summed E-state index contributed by atoms with van der Waals surface area (Å²) in [5.41, 5.74) is 3.41. The first kappa shape index (κ1) is 15.2. The zero-order valence-electron chi connectivity index (χ0n) is 15.0. The molecule has 0 bridgehead atoms. The molecule has 7 nitrogen and oxygen atoms in total. The van der Waals surface area contributed by atoms with Crippen LogP contribution in [0.2, 0.25) is 0 Å². The maximum Gasteiger partial charge on any atom is 0.178 e. The number of para-hydroxylation sites is 2. The summed E-state index contributed by atoms with van der Waals surface area (Å²) in [6.45, 7) is 3.80. The van der Waals surface area contributed by atoms with Gasteiger partial charge in [0.25, 0.3) is 0 Å². The van der Waals surface area contributed by atoms with Crippen molar-refractivity contribution in [3.8, 4) is 5.82 Å². The van der Waals surface area contributed by atoms with Crippen LogP contribution in [0.1, 0.15) is 41.3 Å². The Morgan fingerprint density at radius 3 is 2.69 bits per heavy atom. The fourth-order valence-corrected chi connectivity index (χ4v) is 3.76. The fourth-order valence-electron chi connectivity index (χ4n) is 3.76. The molecule has 1 fully saturated rings. The Morgan fingerprint density at radius 2 is 1.92 bits per heavy atom. The fraction of sp³-hybridized carbons (Fsp3) is 0.316. The summed E-state index contributed by atoms with van der Waals surface area (Å²) >= 11 is 0. The van der Waals surface area contributed by atoms with Crippen molar-refractivity contribution >= 4 is 11.0 Å². The van der Waals surface area contributed by atoms with Gasteiger partial charge in [0.1, 0.15) is 17.5 Å². The van der Waals surface area contributed by atoms with Crippen LogP contribution in [0.15, 0.2) is 36.5 Å². The molecule has 3 aromatic heterocycles. The van der Waals surface area contributed by atoms with Crippen LogP contribution in [0, 0.1) is 13.8 Å². The van der Waals surface area contributed by atoms with Crippen LogP contribution < -0.4 is 0 Å². The highest BCUT2D eigenvalue weighted by Crippen LogP contribution is 2.54. The van der Waals surface area contributed by atoms with Gasteiger partial charge in [-0.15, -0.1) is 10.2 Å². The molecule has 1 aliphatic rings. The molecule has 1 aromatic carbocycles. The van der Waals surface area contributed by atoms with Gasteiger partial charge >= 0.3 is 0 Å². The normalized spacial score (nSPS) is 19.2. The SMILES string of the molecule is Cc1nc(C)n(-c2cc([C@H]3CC3c3nc4ccccc4n3C)cnn2)n1. The van der Waals surface area contributed by atoms with Crippen molar-refractivity contribution in [2.45, 2.75) is 32.1 Å². The van der Waals surface area contributed by atoms with Gasteiger partial charge in [-0.3, -0.25) is 0 Å². The zero-order valence-corrected chi connectivity index (χ0v) is 15.0. The number of aryl methyl sites for hydroxylation is 3. The lowest BCUT2D eigenvalue weighted by Crippen LogP contribution is -2.04. The van der Waals surface area contributed by atoms with Crippen LogP contribution in [0.3, 0.4) is 0 Å². The lowest BCUT2D eigenvalue weighted by Gasteiger charge is -2.05. The average molecular weight is 345 g/mol. The number of benzene rings is 1. The summed E-state index contributed by atoms with van der Waals surface area (Å²) in [7, 11) is 2.10. The number of aromatic nitrogens is 7. The monoisotopic (exact) mass is 345 g/mol. The Bertz CT molecular complexity index is 1120. The molecular formula is C19H19N7. The molecule has 130 valence electrons. The van der Waals surface area contributed by atoms with Crippen molar-refractivity contribution in [2.24, 2.45) is 7.05 Å². The highest BCUT2D eigenvalue weighted by atomic mass is 15.4. The number of fused-ring (bicyclic) bond motifs is 1. The third-order valence-corrected chi connectivity index (χ3v) is 5.13. The minimum Gasteiger partial charge on any atom is -0.331 e. The topological polar surface area (TPSA) is 74.3 Å². The highest BCUT2D eigenvalue weighted by Gasteiger charge is 2.43. The second kappa shape index (κ2) is 5.45. The van der Waals surface area contributed by atoms with E-state index in [1.54, 1.807) is 4.68 Å². The maximum absolute atomic E-state index is 4.85. The van der Waals surface area contributed by atoms with Crippen molar-refractivity contribution in [1.82, 2.24) is 34.5 Å². The predicted molar refractivity (Wildman–Crippen MR) is 97.2 cm³/mol. The van der Waals surface area contributed by atoms with E-state index in [0.29, 0.717) is 11.8 Å². The minimum atomic E-state index is 0.419. The Labute approximate surface area is 150 Å². The summed E-state index contributed by atoms with van der Waals surface area (Å²) in [4.78, 5) is 9.19. The van der Waals surface area contributed by atoms with Crippen molar-refractivity contribution in [3.63, 3.8) is 0 Å². The van der Waals surface area contributed by atoms with Gasteiger partial charge in [-0.2, -0.15) is 9.78 Å². The number of hydrogen-bond donors (Lipinski definition) is 0. The Morgan fingerprint density at radius 1 is 1.08 bits per heavy atom. The summed E-state index contributed by atoms with van der Waals surface area (Å²) in [6, 6.07) is 10.3. The van der Waals surface area contributed by atoms with E-state index in [0.717, 1.165) is 35.2 Å². The standard InChI is InChI=1S/C19H19N7/c1-11-21-12(2)26(24-11)18-8-13(10-20-23-18)14-9-15(14)19-22-16-6-4-5-7-17(16)25(19)3/h4-8,10,14-15H,9H2,1-3H3/t14-,15?/m1/s1. The van der Waals surface area contributed by atoms with Crippen molar-refractivity contribution in [1.29, 1.82) is 0 Å². The van der Waals surface area contributed by atoms with E-state index in [2.05, 4.69) is 56.2 Å². The third-order valence-electron chi connectivity index (χ3n) is 5.13. The van der Waals surface area contributed by atoms with Gasteiger partial charge in [0.05, 0.1) is 17.2 Å². The van der Waals surface area contributed by atoms with Crippen LogP contribution in [-0.4, -0.2) is 34.5 Å². The third kappa shape index (κ3) is 2.31. The molecule has 0 spiro atoms. The molecule has 7 heteroatoms. The number of nitrogens with zero attached hydrogens (tertiary/aromatic N) is 7. The van der Waals surface area contributed by atoms with Gasteiger partial charge in [0.2, 0.25) is 0 Å². The van der Waals surface area contributed by atoms with Gasteiger partial charge < -0.3 is 4.57 Å². The van der Waals surface area contributed by atoms with Crippen LogP contribution in [0.4, 0.5) is 0 Å². The van der Waals surface area contributed by atoms with Crippen molar-refractivity contribution < 1.29 is 0 Å². The molecule has 1 aliphatic carbocycles. The largest absolute Gasteiger partial charge is 0.331 e. The van der Waals surface area contributed by atoms with E-state index in [9.17, 15) is 0 Å². The molecule has 0 amide bonds. The summed E-state index contributed by atoms with van der Waals surface area (Å²) < 4.78 is 3.96. The van der Waals surface area contributed by atoms with E-state index < -0.39 is 0 Å². The molecule has 26 heavy (non-hydrogen) atoms. The molecule has 3 heterocycles. The first-order valence-electron chi connectivity index (χ1n) is 8.76. The number of imidazole rings is 1. The van der Waals surface area contributed by atoms with Gasteiger partial charge in [0.15, 0.2) is 5.82 Å².